The highest BCUT2D eigenvalue weighted by atomic mass is 32.1. The van der Waals surface area contributed by atoms with Crippen LogP contribution >= 0.6 is 11.3 Å². The molecule has 1 aromatic rings. The summed E-state index contributed by atoms with van der Waals surface area (Å²) >= 11 is 1.71. The summed E-state index contributed by atoms with van der Waals surface area (Å²) in [7, 11) is 0. The summed E-state index contributed by atoms with van der Waals surface area (Å²) in [5.74, 6) is 0.309. The van der Waals surface area contributed by atoms with Gasteiger partial charge in [0.15, 0.2) is 0 Å². The van der Waals surface area contributed by atoms with E-state index in [-0.39, 0.29) is 11.5 Å². The fourth-order valence-corrected chi connectivity index (χ4v) is 4.93. The van der Waals surface area contributed by atoms with E-state index in [4.69, 9.17) is 0 Å². The Kier molecular flexibility index (Phi) is 5.27. The molecule has 4 nitrogen and oxygen atoms in total. The molecular formula is C20H33N3OS. The molecule has 2 aliphatic rings. The quantitative estimate of drug-likeness (QED) is 0.866. The minimum Gasteiger partial charge on any atom is -0.335 e. The van der Waals surface area contributed by atoms with E-state index in [1.807, 2.05) is 11.6 Å². The van der Waals surface area contributed by atoms with Crippen LogP contribution in [0.5, 0.6) is 0 Å². The number of aromatic nitrogens is 1. The average molecular weight is 364 g/mol. The van der Waals surface area contributed by atoms with E-state index in [0.717, 1.165) is 30.8 Å². The molecule has 140 valence electrons. The molecule has 3 rings (SSSR count). The monoisotopic (exact) mass is 363 g/mol. The Bertz CT molecular complexity index is 581. The van der Waals surface area contributed by atoms with Crippen molar-refractivity contribution in [1.82, 2.24) is 15.2 Å². The maximum atomic E-state index is 13.3. The van der Waals surface area contributed by atoms with Gasteiger partial charge < -0.3 is 10.2 Å². The summed E-state index contributed by atoms with van der Waals surface area (Å²) in [6.07, 6.45) is 7.54. The summed E-state index contributed by atoms with van der Waals surface area (Å²) in [6.45, 7) is 11.7. The normalized spacial score (nSPS) is 27.4. The molecule has 1 aliphatic carbocycles. The molecule has 1 N–H and O–H groups in total. The van der Waals surface area contributed by atoms with Gasteiger partial charge in [-0.15, -0.1) is 11.3 Å². The topological polar surface area (TPSA) is 45.2 Å². The van der Waals surface area contributed by atoms with Crippen LogP contribution in [0.15, 0.2) is 11.6 Å². The summed E-state index contributed by atoms with van der Waals surface area (Å²) < 4.78 is 0. The zero-order chi connectivity index (χ0) is 18.2. The largest absolute Gasteiger partial charge is 0.335 e. The van der Waals surface area contributed by atoms with Crippen molar-refractivity contribution in [2.24, 2.45) is 10.8 Å². The first-order valence-electron chi connectivity index (χ1n) is 9.63. The van der Waals surface area contributed by atoms with Crippen LogP contribution in [0, 0.1) is 10.8 Å². The summed E-state index contributed by atoms with van der Waals surface area (Å²) in [5.41, 5.74) is 0.0938. The third kappa shape index (κ3) is 4.25. The van der Waals surface area contributed by atoms with Crippen molar-refractivity contribution in [2.75, 3.05) is 6.54 Å². The predicted octanol–water partition coefficient (Wildman–Crippen LogP) is 4.39. The number of rotatable bonds is 3. The lowest BCUT2D eigenvalue weighted by Gasteiger charge is -2.45. The third-order valence-corrected chi connectivity index (χ3v) is 6.72. The van der Waals surface area contributed by atoms with Gasteiger partial charge in [-0.3, -0.25) is 4.79 Å². The van der Waals surface area contributed by atoms with Crippen LogP contribution in [-0.2, 0) is 4.79 Å². The minimum atomic E-state index is -0.327. The van der Waals surface area contributed by atoms with Crippen molar-refractivity contribution in [3.05, 3.63) is 16.6 Å². The summed E-state index contributed by atoms with van der Waals surface area (Å²) in [5, 5.41) is 6.79. The molecule has 0 unspecified atom stereocenters. The van der Waals surface area contributed by atoms with E-state index in [0.29, 0.717) is 23.4 Å². The van der Waals surface area contributed by atoms with E-state index in [2.05, 4.69) is 49.8 Å². The number of carbonyl (C=O) groups excluding carboxylic acids is 1. The molecule has 1 aromatic heterocycles. The lowest BCUT2D eigenvalue weighted by Crippen LogP contribution is -2.53. The van der Waals surface area contributed by atoms with E-state index in [9.17, 15) is 4.79 Å². The van der Waals surface area contributed by atoms with Gasteiger partial charge in [0, 0.05) is 35.6 Å². The van der Waals surface area contributed by atoms with E-state index < -0.39 is 0 Å². The second kappa shape index (κ2) is 6.99. The molecular weight excluding hydrogens is 330 g/mol. The number of nitrogens with zero attached hydrogens (tertiary/aromatic N) is 2. The zero-order valence-corrected chi connectivity index (χ0v) is 17.2. The van der Waals surface area contributed by atoms with Crippen molar-refractivity contribution in [2.45, 2.75) is 84.8 Å². The Hall–Kier alpha value is -0.940. The second-order valence-corrected chi connectivity index (χ2v) is 10.5. The molecule has 25 heavy (non-hydrogen) atoms. The van der Waals surface area contributed by atoms with Crippen LogP contribution in [0.4, 0.5) is 0 Å². The van der Waals surface area contributed by atoms with Gasteiger partial charge in [0.2, 0.25) is 5.91 Å². The van der Waals surface area contributed by atoms with Gasteiger partial charge in [0.05, 0.1) is 6.04 Å². The standard InChI is InChI=1S/C20H33N3OS/c1-19(2,3)18(24)23(14-6-8-20(4,5)9-7-14)15-12-16(22-13-15)17-21-10-11-25-17/h10-11,14-16,22H,6-9,12-13H2,1-5H3/t15-,16+/m0/s1. The Morgan fingerprint density at radius 1 is 1.28 bits per heavy atom. The molecule has 1 aliphatic heterocycles. The maximum Gasteiger partial charge on any atom is 0.228 e. The molecule has 2 fully saturated rings. The number of hydrogen-bond donors (Lipinski definition) is 1. The first kappa shape index (κ1) is 18.8. The summed E-state index contributed by atoms with van der Waals surface area (Å²) in [6, 6.07) is 0.966. The van der Waals surface area contributed by atoms with Gasteiger partial charge in [-0.05, 0) is 37.5 Å². The maximum absolute atomic E-state index is 13.3. The lowest BCUT2D eigenvalue weighted by molar-refractivity contribution is -0.145. The highest BCUT2D eigenvalue weighted by molar-refractivity contribution is 7.09. The van der Waals surface area contributed by atoms with Gasteiger partial charge in [0.25, 0.3) is 0 Å². The Morgan fingerprint density at radius 3 is 2.52 bits per heavy atom. The SMILES string of the molecule is CC1(C)CCC(N(C(=O)C(C)(C)C)[C@@H]2CN[C@@H](c3nccs3)C2)CC1. The van der Waals surface area contributed by atoms with Gasteiger partial charge in [-0.25, -0.2) is 4.98 Å². The average Bonchev–Trinajstić information content (AvgIpc) is 3.18. The third-order valence-electron chi connectivity index (χ3n) is 5.83. The Balaban J connectivity index is 1.76. The molecule has 0 bridgehead atoms. The minimum absolute atomic E-state index is 0.284. The molecule has 0 radical (unpaired) electrons. The number of nitrogens with one attached hydrogen (secondary N) is 1. The van der Waals surface area contributed by atoms with E-state index in [1.54, 1.807) is 11.3 Å². The first-order chi connectivity index (χ1) is 11.7. The molecule has 0 spiro atoms. The van der Waals surface area contributed by atoms with Crippen LogP contribution in [0.25, 0.3) is 0 Å². The smallest absolute Gasteiger partial charge is 0.228 e. The van der Waals surface area contributed by atoms with Gasteiger partial charge >= 0.3 is 0 Å². The number of hydrogen-bond acceptors (Lipinski definition) is 4. The van der Waals surface area contributed by atoms with Crippen LogP contribution in [0.1, 0.15) is 77.8 Å². The highest BCUT2D eigenvalue weighted by Crippen LogP contribution is 2.40. The van der Waals surface area contributed by atoms with Gasteiger partial charge in [-0.2, -0.15) is 0 Å². The highest BCUT2D eigenvalue weighted by Gasteiger charge is 2.42. The van der Waals surface area contributed by atoms with E-state index in [1.165, 1.54) is 12.8 Å². The zero-order valence-electron chi connectivity index (χ0n) is 16.3. The Morgan fingerprint density at radius 2 is 1.96 bits per heavy atom. The van der Waals surface area contributed by atoms with Crippen molar-refractivity contribution in [3.63, 3.8) is 0 Å². The molecule has 0 aromatic carbocycles. The van der Waals surface area contributed by atoms with Gasteiger partial charge in [0.1, 0.15) is 5.01 Å². The van der Waals surface area contributed by atoms with E-state index >= 15 is 0 Å². The van der Waals surface area contributed by atoms with Crippen molar-refractivity contribution < 1.29 is 4.79 Å². The fraction of sp³-hybridized carbons (Fsp3) is 0.800. The number of amides is 1. The van der Waals surface area contributed by atoms with Crippen molar-refractivity contribution in [3.8, 4) is 0 Å². The molecule has 1 amide bonds. The fourth-order valence-electron chi connectivity index (χ4n) is 4.20. The summed E-state index contributed by atoms with van der Waals surface area (Å²) in [4.78, 5) is 20.0. The van der Waals surface area contributed by atoms with Crippen LogP contribution < -0.4 is 5.32 Å². The Labute approximate surface area is 156 Å². The van der Waals surface area contributed by atoms with Crippen LogP contribution in [-0.4, -0.2) is 34.4 Å². The van der Waals surface area contributed by atoms with Crippen LogP contribution in [0.3, 0.4) is 0 Å². The molecule has 2 atom stereocenters. The van der Waals surface area contributed by atoms with Gasteiger partial charge in [-0.1, -0.05) is 34.6 Å². The molecule has 1 saturated heterocycles. The first-order valence-corrected chi connectivity index (χ1v) is 10.5. The predicted molar refractivity (Wildman–Crippen MR) is 104 cm³/mol. The lowest BCUT2D eigenvalue weighted by atomic mass is 9.74. The number of thiazole rings is 1. The second-order valence-electron chi connectivity index (χ2n) is 9.58. The molecule has 1 saturated carbocycles. The molecule has 5 heteroatoms. The van der Waals surface area contributed by atoms with Crippen molar-refractivity contribution in [1.29, 1.82) is 0 Å². The van der Waals surface area contributed by atoms with Crippen molar-refractivity contribution >= 4 is 17.2 Å². The molecule has 2 heterocycles. The number of carbonyl (C=O) groups is 1. The van der Waals surface area contributed by atoms with Crippen LogP contribution in [0.2, 0.25) is 0 Å².